The van der Waals surface area contributed by atoms with Crippen molar-refractivity contribution in [1.82, 2.24) is 10.2 Å². The van der Waals surface area contributed by atoms with Crippen LogP contribution < -0.4 is 0 Å². The molecule has 31 heavy (non-hydrogen) atoms. The fourth-order valence-corrected chi connectivity index (χ4v) is 4.76. The highest BCUT2D eigenvalue weighted by atomic mass is 32.2. The van der Waals surface area contributed by atoms with E-state index in [1.807, 2.05) is 12.1 Å². The third kappa shape index (κ3) is 5.30. The molecule has 0 fully saturated rings. The summed E-state index contributed by atoms with van der Waals surface area (Å²) in [6.45, 7) is 0.658. The van der Waals surface area contributed by atoms with Crippen LogP contribution in [0.2, 0.25) is 0 Å². The number of benzene rings is 2. The second kappa shape index (κ2) is 9.75. The number of hydrogen-bond donors (Lipinski definition) is 0. The zero-order valence-electron chi connectivity index (χ0n) is 16.1. The number of nitrogens with zero attached hydrogens (tertiary/aromatic N) is 4. The number of nitro benzene ring substituents is 1. The molecule has 0 unspecified atom stereocenters. The first-order chi connectivity index (χ1) is 15.1. The minimum atomic E-state index is -0.487. The van der Waals surface area contributed by atoms with E-state index in [9.17, 15) is 14.9 Å². The molecule has 2 heterocycles. The van der Waals surface area contributed by atoms with E-state index < -0.39 is 10.9 Å². The average Bonchev–Trinajstić information content (AvgIpc) is 3.48. The molecule has 4 rings (SSSR count). The highest BCUT2D eigenvalue weighted by Crippen LogP contribution is 2.27. The standard InChI is InChI=1S/C20H16N4O5S2/c25-19(16-4-2-1-3-14(16)12-31-20-21-9-10-30-20)28-11-17-22-23-18(29-17)13-5-7-15(8-6-13)24(26)27/h1-8H,9-12H2. The molecular formula is C20H16N4O5S2. The summed E-state index contributed by atoms with van der Waals surface area (Å²) in [6.07, 6.45) is 0. The van der Waals surface area contributed by atoms with Gasteiger partial charge >= 0.3 is 5.97 Å². The lowest BCUT2D eigenvalue weighted by atomic mass is 10.1. The highest BCUT2D eigenvalue weighted by molar-refractivity contribution is 8.38. The topological polar surface area (TPSA) is 121 Å². The van der Waals surface area contributed by atoms with Crippen LogP contribution in [-0.2, 0) is 17.1 Å². The van der Waals surface area contributed by atoms with E-state index in [4.69, 9.17) is 9.15 Å². The van der Waals surface area contributed by atoms with E-state index in [1.165, 1.54) is 24.3 Å². The SMILES string of the molecule is O=C(OCc1nnc(-c2ccc([N+](=O)[O-])cc2)o1)c1ccccc1CSC1=NCCS1. The number of carbonyl (C=O) groups is 1. The zero-order valence-corrected chi connectivity index (χ0v) is 17.7. The molecule has 0 atom stereocenters. The summed E-state index contributed by atoms with van der Waals surface area (Å²) in [6, 6.07) is 13.0. The lowest BCUT2D eigenvalue weighted by Gasteiger charge is -2.08. The van der Waals surface area contributed by atoms with Crippen LogP contribution in [0, 0.1) is 10.1 Å². The molecule has 0 radical (unpaired) electrons. The normalized spacial score (nSPS) is 13.1. The van der Waals surface area contributed by atoms with Gasteiger partial charge < -0.3 is 9.15 Å². The maximum absolute atomic E-state index is 12.6. The van der Waals surface area contributed by atoms with Gasteiger partial charge in [-0.2, -0.15) is 0 Å². The summed E-state index contributed by atoms with van der Waals surface area (Å²) >= 11 is 3.33. The van der Waals surface area contributed by atoms with E-state index in [1.54, 1.807) is 35.7 Å². The second-order valence-corrected chi connectivity index (χ2v) is 8.63. The van der Waals surface area contributed by atoms with Gasteiger partial charge in [-0.3, -0.25) is 15.1 Å². The number of aliphatic imine (C=N–C) groups is 1. The number of carbonyl (C=O) groups excluding carboxylic acids is 1. The largest absolute Gasteiger partial charge is 0.452 e. The van der Waals surface area contributed by atoms with Gasteiger partial charge in [0.2, 0.25) is 5.89 Å². The minimum Gasteiger partial charge on any atom is -0.452 e. The van der Waals surface area contributed by atoms with E-state index in [-0.39, 0.29) is 24.1 Å². The molecule has 2 aromatic carbocycles. The summed E-state index contributed by atoms with van der Waals surface area (Å²) in [5.74, 6) is 1.46. The Balaban J connectivity index is 1.37. The minimum absolute atomic E-state index is 0.0344. The molecule has 3 aromatic rings. The van der Waals surface area contributed by atoms with Crippen molar-refractivity contribution in [3.05, 3.63) is 75.7 Å². The summed E-state index contributed by atoms with van der Waals surface area (Å²) in [7, 11) is 0. The van der Waals surface area contributed by atoms with Crippen molar-refractivity contribution in [3.63, 3.8) is 0 Å². The third-order valence-electron chi connectivity index (χ3n) is 4.26. The van der Waals surface area contributed by atoms with Gasteiger partial charge in [0, 0.05) is 29.2 Å². The van der Waals surface area contributed by atoms with Gasteiger partial charge in [-0.15, -0.1) is 10.2 Å². The monoisotopic (exact) mass is 456 g/mol. The highest BCUT2D eigenvalue weighted by Gasteiger charge is 2.17. The number of thioether (sulfide) groups is 2. The second-order valence-electron chi connectivity index (χ2n) is 6.32. The molecule has 0 bridgehead atoms. The first-order valence-corrected chi connectivity index (χ1v) is 11.2. The number of aromatic nitrogens is 2. The average molecular weight is 457 g/mol. The smallest absolute Gasteiger partial charge is 0.338 e. The first-order valence-electron chi connectivity index (χ1n) is 9.22. The van der Waals surface area contributed by atoms with Crippen molar-refractivity contribution in [2.45, 2.75) is 12.4 Å². The molecule has 11 heteroatoms. The van der Waals surface area contributed by atoms with E-state index >= 15 is 0 Å². The molecule has 9 nitrogen and oxygen atoms in total. The Labute approximate surface area is 185 Å². The molecule has 0 spiro atoms. The van der Waals surface area contributed by atoms with Crippen LogP contribution in [0.5, 0.6) is 0 Å². The number of esters is 1. The van der Waals surface area contributed by atoms with Gasteiger partial charge in [-0.1, -0.05) is 41.7 Å². The van der Waals surface area contributed by atoms with Crippen LogP contribution in [0.1, 0.15) is 21.8 Å². The Morgan fingerprint density at radius 1 is 1.19 bits per heavy atom. The van der Waals surface area contributed by atoms with Crippen molar-refractivity contribution in [2.75, 3.05) is 12.3 Å². The summed E-state index contributed by atoms with van der Waals surface area (Å²) < 4.78 is 11.9. The van der Waals surface area contributed by atoms with Gasteiger partial charge in [0.25, 0.3) is 11.6 Å². The molecule has 0 aliphatic carbocycles. The number of hydrogen-bond acceptors (Lipinski definition) is 10. The van der Waals surface area contributed by atoms with Crippen molar-refractivity contribution < 1.29 is 18.9 Å². The van der Waals surface area contributed by atoms with Crippen LogP contribution >= 0.6 is 23.5 Å². The zero-order chi connectivity index (χ0) is 21.6. The number of non-ortho nitro benzene ring substituents is 1. The summed E-state index contributed by atoms with van der Waals surface area (Å²) in [5, 5.41) is 18.5. The van der Waals surface area contributed by atoms with Crippen molar-refractivity contribution in [3.8, 4) is 11.5 Å². The van der Waals surface area contributed by atoms with Gasteiger partial charge in [0.15, 0.2) is 6.61 Å². The molecule has 0 N–H and O–H groups in total. The van der Waals surface area contributed by atoms with E-state index in [2.05, 4.69) is 15.2 Å². The predicted octanol–water partition coefficient (Wildman–Crippen LogP) is 4.34. The molecule has 1 aromatic heterocycles. The maximum Gasteiger partial charge on any atom is 0.338 e. The van der Waals surface area contributed by atoms with Gasteiger partial charge in [0.1, 0.15) is 4.38 Å². The summed E-state index contributed by atoms with van der Waals surface area (Å²) in [5.41, 5.74) is 1.84. The Hall–Kier alpha value is -3.18. The molecule has 0 saturated carbocycles. The molecule has 158 valence electrons. The summed E-state index contributed by atoms with van der Waals surface area (Å²) in [4.78, 5) is 27.3. The predicted molar refractivity (Wildman–Crippen MR) is 118 cm³/mol. The van der Waals surface area contributed by atoms with Crippen molar-refractivity contribution in [2.24, 2.45) is 4.99 Å². The van der Waals surface area contributed by atoms with E-state index in [0.717, 1.165) is 22.2 Å². The molecule has 0 saturated heterocycles. The Morgan fingerprint density at radius 3 is 2.74 bits per heavy atom. The molecule has 0 amide bonds. The number of rotatable bonds is 7. The first kappa shape index (κ1) is 21.1. The van der Waals surface area contributed by atoms with Gasteiger partial charge in [-0.05, 0) is 23.8 Å². The van der Waals surface area contributed by atoms with Crippen LogP contribution in [0.3, 0.4) is 0 Å². The Morgan fingerprint density at radius 2 is 2.00 bits per heavy atom. The molecular weight excluding hydrogens is 440 g/mol. The Kier molecular flexibility index (Phi) is 6.63. The van der Waals surface area contributed by atoms with Crippen molar-refractivity contribution in [1.29, 1.82) is 0 Å². The third-order valence-corrected chi connectivity index (χ3v) is 6.57. The molecule has 1 aliphatic rings. The van der Waals surface area contributed by atoms with Crippen LogP contribution in [-0.4, -0.2) is 37.8 Å². The van der Waals surface area contributed by atoms with Crippen molar-refractivity contribution >= 4 is 39.6 Å². The quantitative estimate of drug-likeness (QED) is 0.290. The maximum atomic E-state index is 12.6. The fourth-order valence-electron chi connectivity index (χ4n) is 2.75. The van der Waals surface area contributed by atoms with E-state index in [0.29, 0.717) is 16.9 Å². The molecule has 1 aliphatic heterocycles. The fraction of sp³-hybridized carbons (Fsp3) is 0.200. The van der Waals surface area contributed by atoms with Gasteiger partial charge in [-0.25, -0.2) is 4.79 Å². The number of ether oxygens (including phenoxy) is 1. The van der Waals surface area contributed by atoms with Crippen LogP contribution in [0.4, 0.5) is 5.69 Å². The lowest BCUT2D eigenvalue weighted by molar-refractivity contribution is -0.384. The van der Waals surface area contributed by atoms with Crippen LogP contribution in [0.25, 0.3) is 11.5 Å². The number of nitro groups is 1. The van der Waals surface area contributed by atoms with Gasteiger partial charge in [0.05, 0.1) is 17.0 Å². The lowest BCUT2D eigenvalue weighted by Crippen LogP contribution is -2.08. The van der Waals surface area contributed by atoms with Crippen LogP contribution in [0.15, 0.2) is 57.9 Å². The Bertz CT molecular complexity index is 1130.